The average Bonchev–Trinajstić information content (AvgIpc) is 3.50. The summed E-state index contributed by atoms with van der Waals surface area (Å²) in [6.45, 7) is -0.101. The van der Waals surface area contributed by atoms with Gasteiger partial charge in [0.15, 0.2) is 11.5 Å². The van der Waals surface area contributed by atoms with Crippen molar-refractivity contribution in [1.29, 1.82) is 0 Å². The van der Waals surface area contributed by atoms with E-state index in [-0.39, 0.29) is 24.8 Å². The summed E-state index contributed by atoms with van der Waals surface area (Å²) < 4.78 is 24.5. The normalized spacial score (nSPS) is 16.3. The Morgan fingerprint density at radius 3 is 2.69 bits per heavy atom. The summed E-state index contributed by atoms with van der Waals surface area (Å²) in [5.74, 6) is -0.141. The van der Waals surface area contributed by atoms with Crippen LogP contribution in [0.4, 0.5) is 4.39 Å². The minimum absolute atomic E-state index is 0.139. The van der Waals surface area contributed by atoms with Gasteiger partial charge in [-0.15, -0.1) is 0 Å². The van der Waals surface area contributed by atoms with E-state index in [1.54, 1.807) is 12.1 Å². The lowest BCUT2D eigenvalue weighted by molar-refractivity contribution is -0.133. The highest BCUT2D eigenvalue weighted by Crippen LogP contribution is 2.39. The Morgan fingerprint density at radius 2 is 1.89 bits per heavy atom. The number of benzene rings is 3. The first-order valence-corrected chi connectivity index (χ1v) is 11.3. The van der Waals surface area contributed by atoms with Gasteiger partial charge in [0.25, 0.3) is 11.8 Å². The standard InChI is InChI=1S/C26H21ClFN3O4/c1-30(26(33)17-5-4-6-18(28)11-17)14-25(32)31-22(16-9-10-23-24(12-16)35-15-34-23)13-21(29-31)19-7-2-3-8-20(19)27/h2-12,22H,13-15H2,1H3/t22-/m0/s1. The summed E-state index contributed by atoms with van der Waals surface area (Å²) in [4.78, 5) is 27.4. The summed E-state index contributed by atoms with van der Waals surface area (Å²) in [5, 5.41) is 6.53. The highest BCUT2D eigenvalue weighted by Gasteiger charge is 2.35. The number of fused-ring (bicyclic) bond motifs is 1. The van der Waals surface area contributed by atoms with Crippen LogP contribution < -0.4 is 9.47 Å². The number of hydrazone groups is 1. The van der Waals surface area contributed by atoms with Crippen molar-refractivity contribution < 1.29 is 23.5 Å². The fourth-order valence-electron chi connectivity index (χ4n) is 4.17. The summed E-state index contributed by atoms with van der Waals surface area (Å²) in [6, 6.07) is 17.7. The van der Waals surface area contributed by atoms with Gasteiger partial charge in [-0.1, -0.05) is 41.9 Å². The Labute approximate surface area is 206 Å². The maximum atomic E-state index is 13.6. The highest BCUT2D eigenvalue weighted by molar-refractivity contribution is 6.34. The van der Waals surface area contributed by atoms with E-state index in [0.717, 1.165) is 17.2 Å². The third kappa shape index (κ3) is 4.57. The van der Waals surface area contributed by atoms with E-state index in [0.29, 0.717) is 28.7 Å². The zero-order chi connectivity index (χ0) is 24.5. The molecule has 0 N–H and O–H groups in total. The largest absolute Gasteiger partial charge is 0.454 e. The Bertz CT molecular complexity index is 1350. The van der Waals surface area contributed by atoms with Gasteiger partial charge in [0.2, 0.25) is 6.79 Å². The molecule has 0 spiro atoms. The maximum absolute atomic E-state index is 13.6. The molecule has 1 atom stereocenters. The number of amides is 2. The van der Waals surface area contributed by atoms with Crippen molar-refractivity contribution in [3.63, 3.8) is 0 Å². The first-order valence-electron chi connectivity index (χ1n) is 11.0. The molecule has 2 heterocycles. The molecule has 2 aliphatic rings. The molecule has 5 rings (SSSR count). The third-order valence-corrected chi connectivity index (χ3v) is 6.25. The van der Waals surface area contributed by atoms with Gasteiger partial charge in [-0.25, -0.2) is 9.40 Å². The number of hydrogen-bond donors (Lipinski definition) is 0. The fraction of sp³-hybridized carbons (Fsp3) is 0.192. The van der Waals surface area contributed by atoms with E-state index < -0.39 is 17.8 Å². The van der Waals surface area contributed by atoms with Crippen LogP contribution in [0.1, 0.15) is 33.9 Å². The SMILES string of the molecule is CN(CC(=O)N1N=C(c2ccccc2Cl)C[C@H]1c1ccc2c(c1)OCO2)C(=O)c1cccc(F)c1. The first-order chi connectivity index (χ1) is 16.9. The van der Waals surface area contributed by atoms with Gasteiger partial charge in [0.05, 0.1) is 11.8 Å². The Balaban J connectivity index is 1.43. The van der Waals surface area contributed by atoms with Crippen molar-refractivity contribution >= 4 is 29.1 Å². The summed E-state index contributed by atoms with van der Waals surface area (Å²) in [5.41, 5.74) is 2.37. The molecule has 0 saturated carbocycles. The molecule has 0 radical (unpaired) electrons. The first kappa shape index (κ1) is 22.9. The predicted molar refractivity (Wildman–Crippen MR) is 128 cm³/mol. The lowest BCUT2D eigenvalue weighted by atomic mass is 9.98. The van der Waals surface area contributed by atoms with E-state index in [1.165, 1.54) is 35.2 Å². The van der Waals surface area contributed by atoms with E-state index in [2.05, 4.69) is 5.10 Å². The van der Waals surface area contributed by atoms with Crippen LogP contribution in [-0.4, -0.2) is 47.8 Å². The van der Waals surface area contributed by atoms with Gasteiger partial charge < -0.3 is 14.4 Å². The third-order valence-electron chi connectivity index (χ3n) is 5.92. The van der Waals surface area contributed by atoms with Crippen LogP contribution in [0.3, 0.4) is 0 Å². The molecular weight excluding hydrogens is 473 g/mol. The predicted octanol–water partition coefficient (Wildman–Crippen LogP) is 4.66. The molecule has 0 aliphatic carbocycles. The van der Waals surface area contributed by atoms with E-state index >= 15 is 0 Å². The number of hydrogen-bond acceptors (Lipinski definition) is 5. The van der Waals surface area contributed by atoms with Crippen molar-refractivity contribution in [3.8, 4) is 11.5 Å². The van der Waals surface area contributed by atoms with Crippen LogP contribution in [0.5, 0.6) is 11.5 Å². The molecule has 3 aromatic carbocycles. The van der Waals surface area contributed by atoms with Crippen molar-refractivity contribution in [3.05, 3.63) is 94.3 Å². The summed E-state index contributed by atoms with van der Waals surface area (Å²) >= 11 is 6.40. The molecule has 2 amide bonds. The monoisotopic (exact) mass is 493 g/mol. The quantitative estimate of drug-likeness (QED) is 0.518. The summed E-state index contributed by atoms with van der Waals surface area (Å²) in [6.07, 6.45) is 0.427. The second-order valence-electron chi connectivity index (χ2n) is 8.27. The molecule has 0 bridgehead atoms. The zero-order valence-electron chi connectivity index (χ0n) is 18.8. The number of ether oxygens (including phenoxy) is 2. The number of carbonyl (C=O) groups excluding carboxylic acids is 2. The van der Waals surface area contributed by atoms with Gasteiger partial charge in [0.1, 0.15) is 12.4 Å². The molecular formula is C26H21ClFN3O4. The van der Waals surface area contributed by atoms with Gasteiger partial charge in [-0.2, -0.15) is 5.10 Å². The van der Waals surface area contributed by atoms with Gasteiger partial charge >= 0.3 is 0 Å². The van der Waals surface area contributed by atoms with Crippen LogP contribution in [0, 0.1) is 5.82 Å². The van der Waals surface area contributed by atoms with E-state index in [9.17, 15) is 14.0 Å². The smallest absolute Gasteiger partial charge is 0.262 e. The Morgan fingerprint density at radius 1 is 1.09 bits per heavy atom. The van der Waals surface area contributed by atoms with Gasteiger partial charge in [0, 0.05) is 29.6 Å². The molecule has 2 aliphatic heterocycles. The number of carbonyl (C=O) groups is 2. The molecule has 0 saturated heterocycles. The van der Waals surface area contributed by atoms with Crippen LogP contribution in [0.15, 0.2) is 71.8 Å². The molecule has 3 aromatic rings. The lowest BCUT2D eigenvalue weighted by Crippen LogP contribution is -2.39. The van der Waals surface area contributed by atoms with Gasteiger partial charge in [-0.05, 0) is 42.0 Å². The Kier molecular flexibility index (Phi) is 6.13. The topological polar surface area (TPSA) is 71.4 Å². The lowest BCUT2D eigenvalue weighted by Gasteiger charge is -2.25. The Hall–Kier alpha value is -3.91. The number of likely N-dealkylation sites (N-methyl/N-ethyl adjacent to an activating group) is 1. The van der Waals surface area contributed by atoms with Gasteiger partial charge in [-0.3, -0.25) is 9.59 Å². The minimum atomic E-state index is -0.521. The highest BCUT2D eigenvalue weighted by atomic mass is 35.5. The van der Waals surface area contributed by atoms with Crippen molar-refractivity contribution in [2.75, 3.05) is 20.4 Å². The van der Waals surface area contributed by atoms with Crippen LogP contribution in [0.2, 0.25) is 5.02 Å². The summed E-state index contributed by atoms with van der Waals surface area (Å²) in [7, 11) is 1.50. The molecule has 178 valence electrons. The van der Waals surface area contributed by atoms with E-state index in [1.807, 2.05) is 30.3 Å². The molecule has 7 nitrogen and oxygen atoms in total. The van der Waals surface area contributed by atoms with Crippen LogP contribution >= 0.6 is 11.6 Å². The maximum Gasteiger partial charge on any atom is 0.262 e. The second kappa shape index (κ2) is 9.38. The number of nitrogens with zero attached hydrogens (tertiary/aromatic N) is 3. The molecule has 9 heteroatoms. The molecule has 0 fully saturated rings. The van der Waals surface area contributed by atoms with E-state index in [4.69, 9.17) is 21.1 Å². The van der Waals surface area contributed by atoms with Crippen molar-refractivity contribution in [2.45, 2.75) is 12.5 Å². The molecule has 0 aromatic heterocycles. The number of rotatable bonds is 5. The molecule has 0 unspecified atom stereocenters. The van der Waals surface area contributed by atoms with Crippen LogP contribution in [-0.2, 0) is 4.79 Å². The fourth-order valence-corrected chi connectivity index (χ4v) is 4.41. The van der Waals surface area contributed by atoms with Crippen LogP contribution in [0.25, 0.3) is 0 Å². The second-order valence-corrected chi connectivity index (χ2v) is 8.68. The van der Waals surface area contributed by atoms with Crippen molar-refractivity contribution in [2.24, 2.45) is 5.10 Å². The minimum Gasteiger partial charge on any atom is -0.454 e. The average molecular weight is 494 g/mol. The number of halogens is 2. The zero-order valence-corrected chi connectivity index (χ0v) is 19.5. The molecule has 35 heavy (non-hydrogen) atoms. The van der Waals surface area contributed by atoms with Crippen molar-refractivity contribution in [1.82, 2.24) is 9.91 Å².